The summed E-state index contributed by atoms with van der Waals surface area (Å²) in [5.74, 6) is -1.44. The lowest BCUT2D eigenvalue weighted by Gasteiger charge is -2.18. The maximum atomic E-state index is 12.5. The van der Waals surface area contributed by atoms with Gasteiger partial charge in [0.1, 0.15) is 0 Å². The first-order valence-electron chi connectivity index (χ1n) is 11.5. The van der Waals surface area contributed by atoms with Gasteiger partial charge in [0.2, 0.25) is 5.91 Å². The number of non-ortho nitro benzene ring substituents is 1. The third kappa shape index (κ3) is 6.50. The Bertz CT molecular complexity index is 1100. The van der Waals surface area contributed by atoms with Crippen LogP contribution < -0.4 is 5.32 Å². The average Bonchev–Trinajstić information content (AvgIpc) is 3.08. The topological polar surface area (TPSA) is 136 Å². The van der Waals surface area contributed by atoms with Gasteiger partial charge in [-0.3, -0.25) is 34.2 Å². The van der Waals surface area contributed by atoms with E-state index in [1.807, 2.05) is 0 Å². The second-order valence-electron chi connectivity index (χ2n) is 8.10. The number of nitrogens with one attached hydrogen (secondary N) is 1. The number of nitro benzene ring substituents is 1. The molecule has 1 atom stereocenters. The van der Waals surface area contributed by atoms with Crippen LogP contribution in [0.15, 0.2) is 48.5 Å². The number of imide groups is 1. The van der Waals surface area contributed by atoms with Crippen molar-refractivity contribution in [3.8, 4) is 0 Å². The Balaban J connectivity index is 1.50. The molecule has 0 bridgehead atoms. The number of benzene rings is 2. The lowest BCUT2D eigenvalue weighted by molar-refractivity contribution is -0.384. The summed E-state index contributed by atoms with van der Waals surface area (Å²) in [5, 5.41) is 13.9. The number of carbonyl (C=O) groups excluding carboxylic acids is 4. The number of nitro groups is 1. The molecule has 0 spiro atoms. The van der Waals surface area contributed by atoms with E-state index in [4.69, 9.17) is 4.74 Å². The fraction of sp³-hybridized carbons (Fsp3) is 0.360. The van der Waals surface area contributed by atoms with Crippen molar-refractivity contribution in [1.82, 2.24) is 10.2 Å². The van der Waals surface area contributed by atoms with E-state index < -0.39 is 16.9 Å². The van der Waals surface area contributed by atoms with Crippen LogP contribution in [0.25, 0.3) is 0 Å². The van der Waals surface area contributed by atoms with Gasteiger partial charge in [-0.25, -0.2) is 0 Å². The highest BCUT2D eigenvalue weighted by atomic mass is 16.6. The minimum absolute atomic E-state index is 0.140. The van der Waals surface area contributed by atoms with Gasteiger partial charge in [-0.2, -0.15) is 0 Å². The van der Waals surface area contributed by atoms with Crippen molar-refractivity contribution < 1.29 is 28.8 Å². The number of nitrogens with zero attached hydrogens (tertiary/aromatic N) is 2. The molecule has 10 nitrogen and oxygen atoms in total. The van der Waals surface area contributed by atoms with E-state index in [0.717, 1.165) is 0 Å². The van der Waals surface area contributed by atoms with Crippen molar-refractivity contribution in [2.75, 3.05) is 13.2 Å². The maximum absolute atomic E-state index is 12.5. The molecule has 1 N–H and O–H groups in total. The van der Waals surface area contributed by atoms with E-state index in [-0.39, 0.29) is 49.4 Å². The molecular formula is C25H27N3O7. The highest BCUT2D eigenvalue weighted by molar-refractivity contribution is 6.21. The summed E-state index contributed by atoms with van der Waals surface area (Å²) < 4.78 is 4.97. The van der Waals surface area contributed by atoms with E-state index in [1.165, 1.54) is 23.1 Å². The third-order valence-electron chi connectivity index (χ3n) is 5.66. The molecule has 1 aliphatic heterocycles. The summed E-state index contributed by atoms with van der Waals surface area (Å²) in [6, 6.07) is 11.7. The number of ether oxygens (including phenoxy) is 1. The van der Waals surface area contributed by atoms with Crippen LogP contribution in [0.2, 0.25) is 0 Å². The summed E-state index contributed by atoms with van der Waals surface area (Å²) in [7, 11) is 0. The summed E-state index contributed by atoms with van der Waals surface area (Å²) in [5.41, 5.74) is 1.11. The van der Waals surface area contributed by atoms with Crippen LogP contribution in [0.4, 0.5) is 5.69 Å². The van der Waals surface area contributed by atoms with Crippen LogP contribution in [0, 0.1) is 10.1 Å². The third-order valence-corrected chi connectivity index (χ3v) is 5.66. The monoisotopic (exact) mass is 481 g/mol. The first kappa shape index (κ1) is 25.5. The van der Waals surface area contributed by atoms with Gasteiger partial charge in [0.25, 0.3) is 17.5 Å². The molecule has 1 unspecified atom stereocenters. The van der Waals surface area contributed by atoms with Crippen LogP contribution in [-0.4, -0.2) is 46.7 Å². The largest absolute Gasteiger partial charge is 0.466 e. The smallest absolute Gasteiger partial charge is 0.308 e. The van der Waals surface area contributed by atoms with Crippen molar-refractivity contribution in [2.24, 2.45) is 0 Å². The lowest BCUT2D eigenvalue weighted by Crippen LogP contribution is -2.31. The van der Waals surface area contributed by atoms with Crippen LogP contribution in [0.5, 0.6) is 0 Å². The molecule has 1 aliphatic rings. The summed E-state index contributed by atoms with van der Waals surface area (Å²) >= 11 is 0. The number of esters is 1. The summed E-state index contributed by atoms with van der Waals surface area (Å²) in [6.07, 6.45) is 1.68. The Hall–Kier alpha value is -4.08. The number of hydrogen-bond donors (Lipinski definition) is 1. The number of hydrogen-bond acceptors (Lipinski definition) is 7. The zero-order valence-electron chi connectivity index (χ0n) is 19.4. The quantitative estimate of drug-likeness (QED) is 0.161. The number of fused-ring (bicyclic) bond motifs is 1. The number of unbranched alkanes of at least 4 members (excludes halogenated alkanes) is 2. The minimum atomic E-state index is -0.764. The lowest BCUT2D eigenvalue weighted by atomic mass is 10.0. The molecule has 184 valence electrons. The first-order valence-corrected chi connectivity index (χ1v) is 11.5. The van der Waals surface area contributed by atoms with E-state index in [0.29, 0.717) is 36.0 Å². The van der Waals surface area contributed by atoms with Crippen LogP contribution in [0.1, 0.15) is 71.3 Å². The fourth-order valence-electron chi connectivity index (χ4n) is 3.93. The molecule has 0 fully saturated rings. The molecule has 10 heteroatoms. The van der Waals surface area contributed by atoms with Gasteiger partial charge in [-0.1, -0.05) is 30.7 Å². The standard InChI is InChI=1S/C25H27N3O7/c1-2-35-23(30)16-21(17-9-8-10-18(15-17)28(33)34)26-22(29)13-4-3-7-14-27-24(31)19-11-5-6-12-20(19)25(27)32/h5-6,8-12,15,21H,2-4,7,13-14,16H2,1H3,(H,26,29). The van der Waals surface area contributed by atoms with Crippen molar-refractivity contribution in [1.29, 1.82) is 0 Å². The van der Waals surface area contributed by atoms with E-state index in [1.54, 1.807) is 37.3 Å². The van der Waals surface area contributed by atoms with Crippen molar-refractivity contribution in [3.05, 3.63) is 75.3 Å². The second kappa shape index (κ2) is 11.9. The predicted octanol–water partition coefficient (Wildman–Crippen LogP) is 3.56. The highest BCUT2D eigenvalue weighted by Gasteiger charge is 2.34. The van der Waals surface area contributed by atoms with Crippen molar-refractivity contribution >= 4 is 29.4 Å². The second-order valence-corrected chi connectivity index (χ2v) is 8.10. The Morgan fingerprint density at radius 3 is 2.34 bits per heavy atom. The Labute approximate surface area is 202 Å². The molecule has 0 aliphatic carbocycles. The van der Waals surface area contributed by atoms with Crippen molar-refractivity contribution in [3.63, 3.8) is 0 Å². The molecule has 1 heterocycles. The van der Waals surface area contributed by atoms with Crippen LogP contribution >= 0.6 is 0 Å². The molecule has 0 saturated carbocycles. The predicted molar refractivity (Wildman–Crippen MR) is 126 cm³/mol. The molecule has 0 saturated heterocycles. The maximum Gasteiger partial charge on any atom is 0.308 e. The number of carbonyl (C=O) groups is 4. The molecule has 0 aromatic heterocycles. The van der Waals surface area contributed by atoms with Gasteiger partial charge in [-0.15, -0.1) is 0 Å². The fourth-order valence-corrected chi connectivity index (χ4v) is 3.93. The molecule has 2 aromatic rings. The van der Waals surface area contributed by atoms with Crippen LogP contribution in [-0.2, 0) is 14.3 Å². The van der Waals surface area contributed by atoms with Gasteiger partial charge >= 0.3 is 5.97 Å². The van der Waals surface area contributed by atoms with Gasteiger partial charge in [-0.05, 0) is 37.5 Å². The normalized spacial score (nSPS) is 13.3. The van der Waals surface area contributed by atoms with Gasteiger partial charge in [0.05, 0.1) is 35.1 Å². The molecular weight excluding hydrogens is 454 g/mol. The van der Waals surface area contributed by atoms with Gasteiger partial charge in [0.15, 0.2) is 0 Å². The zero-order chi connectivity index (χ0) is 25.4. The summed E-state index contributed by atoms with van der Waals surface area (Å²) in [6.45, 7) is 2.12. The Morgan fingerprint density at radius 1 is 1.03 bits per heavy atom. The SMILES string of the molecule is CCOC(=O)CC(NC(=O)CCCCCN1C(=O)c2ccccc2C1=O)c1cccc([N+](=O)[O-])c1. The molecule has 3 amide bonds. The van der Waals surface area contributed by atoms with E-state index in [9.17, 15) is 29.3 Å². The molecule has 2 aromatic carbocycles. The average molecular weight is 482 g/mol. The Kier molecular flexibility index (Phi) is 8.66. The minimum Gasteiger partial charge on any atom is -0.466 e. The highest BCUT2D eigenvalue weighted by Crippen LogP contribution is 2.24. The summed E-state index contributed by atoms with van der Waals surface area (Å²) in [4.78, 5) is 61.1. The van der Waals surface area contributed by atoms with Crippen LogP contribution in [0.3, 0.4) is 0 Å². The van der Waals surface area contributed by atoms with Gasteiger partial charge in [0, 0.05) is 25.1 Å². The number of rotatable bonds is 12. The number of amides is 3. The van der Waals surface area contributed by atoms with E-state index >= 15 is 0 Å². The molecule has 0 radical (unpaired) electrons. The van der Waals surface area contributed by atoms with E-state index in [2.05, 4.69) is 5.32 Å². The molecule has 3 rings (SSSR count). The Morgan fingerprint density at radius 2 is 1.71 bits per heavy atom. The van der Waals surface area contributed by atoms with Crippen molar-refractivity contribution in [2.45, 2.75) is 45.1 Å². The zero-order valence-corrected chi connectivity index (χ0v) is 19.4. The van der Waals surface area contributed by atoms with Gasteiger partial charge < -0.3 is 10.1 Å². The first-order chi connectivity index (χ1) is 16.8. The molecule has 35 heavy (non-hydrogen) atoms.